The lowest BCUT2D eigenvalue weighted by Gasteiger charge is -2.21. The van der Waals surface area contributed by atoms with Crippen molar-refractivity contribution in [3.63, 3.8) is 0 Å². The zero-order valence-corrected chi connectivity index (χ0v) is 14.2. The SMILES string of the molecule is CCCOCCOCC(NC)c1ccc(C(C)(C)C)cc1. The second-order valence-electron chi connectivity index (χ2n) is 6.40. The first-order chi connectivity index (χ1) is 9.99. The monoisotopic (exact) mass is 293 g/mol. The Morgan fingerprint density at radius 1 is 1.00 bits per heavy atom. The van der Waals surface area contributed by atoms with Gasteiger partial charge in [0.25, 0.3) is 0 Å². The van der Waals surface area contributed by atoms with Crippen LogP contribution in [0.2, 0.25) is 0 Å². The van der Waals surface area contributed by atoms with Crippen LogP contribution in [0.4, 0.5) is 0 Å². The smallest absolute Gasteiger partial charge is 0.0701 e. The summed E-state index contributed by atoms with van der Waals surface area (Å²) in [6, 6.07) is 9.04. The molecule has 1 rings (SSSR count). The van der Waals surface area contributed by atoms with Crippen LogP contribution >= 0.6 is 0 Å². The maximum atomic E-state index is 5.70. The van der Waals surface area contributed by atoms with E-state index in [1.54, 1.807) is 0 Å². The molecule has 1 unspecified atom stereocenters. The minimum atomic E-state index is 0.195. The summed E-state index contributed by atoms with van der Waals surface area (Å²) in [5, 5.41) is 3.31. The number of nitrogens with one attached hydrogen (secondary N) is 1. The molecule has 0 aliphatic heterocycles. The lowest BCUT2D eigenvalue weighted by molar-refractivity contribution is 0.0399. The molecule has 1 N–H and O–H groups in total. The van der Waals surface area contributed by atoms with Crippen LogP contribution < -0.4 is 5.32 Å². The number of likely N-dealkylation sites (N-methyl/N-ethyl adjacent to an activating group) is 1. The Bertz CT molecular complexity index is 381. The highest BCUT2D eigenvalue weighted by Crippen LogP contribution is 2.24. The zero-order chi connectivity index (χ0) is 15.7. The zero-order valence-electron chi connectivity index (χ0n) is 14.2. The Morgan fingerprint density at radius 2 is 1.62 bits per heavy atom. The first kappa shape index (κ1) is 18.1. The maximum Gasteiger partial charge on any atom is 0.0701 e. The minimum absolute atomic E-state index is 0.195. The summed E-state index contributed by atoms with van der Waals surface area (Å²) in [6.07, 6.45) is 1.05. The third kappa shape index (κ3) is 6.60. The molecule has 0 aliphatic rings. The average molecular weight is 293 g/mol. The molecule has 0 aliphatic carbocycles. The highest BCUT2D eigenvalue weighted by atomic mass is 16.5. The maximum absolute atomic E-state index is 5.70. The van der Waals surface area contributed by atoms with E-state index < -0.39 is 0 Å². The van der Waals surface area contributed by atoms with E-state index in [4.69, 9.17) is 9.47 Å². The molecule has 3 heteroatoms. The van der Waals surface area contributed by atoms with Gasteiger partial charge in [0.15, 0.2) is 0 Å². The van der Waals surface area contributed by atoms with Crippen molar-refractivity contribution in [1.82, 2.24) is 5.32 Å². The normalized spacial score (nSPS) is 13.4. The molecule has 0 aromatic heterocycles. The number of hydrogen-bond acceptors (Lipinski definition) is 3. The Hall–Kier alpha value is -0.900. The fourth-order valence-corrected chi connectivity index (χ4v) is 2.13. The summed E-state index contributed by atoms with van der Waals surface area (Å²) in [5.74, 6) is 0. The van der Waals surface area contributed by atoms with Gasteiger partial charge >= 0.3 is 0 Å². The predicted octanol–water partition coefficient (Wildman–Crippen LogP) is 3.69. The second-order valence-corrected chi connectivity index (χ2v) is 6.40. The Morgan fingerprint density at radius 3 is 2.14 bits per heavy atom. The molecule has 0 fully saturated rings. The second kappa shape index (κ2) is 9.19. The van der Waals surface area contributed by atoms with E-state index in [9.17, 15) is 0 Å². The van der Waals surface area contributed by atoms with Crippen LogP contribution in [-0.4, -0.2) is 33.5 Å². The Balaban J connectivity index is 2.45. The van der Waals surface area contributed by atoms with Crippen LogP contribution in [-0.2, 0) is 14.9 Å². The Labute approximate surface area is 130 Å². The van der Waals surface area contributed by atoms with E-state index in [1.165, 1.54) is 11.1 Å². The van der Waals surface area contributed by atoms with E-state index in [0.717, 1.165) is 13.0 Å². The van der Waals surface area contributed by atoms with Gasteiger partial charge in [-0.25, -0.2) is 0 Å². The first-order valence-corrected chi connectivity index (χ1v) is 7.92. The fraction of sp³-hybridized carbons (Fsp3) is 0.667. The molecule has 3 nitrogen and oxygen atoms in total. The molecule has 0 saturated carbocycles. The third-order valence-electron chi connectivity index (χ3n) is 3.53. The van der Waals surface area contributed by atoms with Gasteiger partial charge in [-0.1, -0.05) is 52.0 Å². The van der Waals surface area contributed by atoms with Crippen LogP contribution in [0.3, 0.4) is 0 Å². The van der Waals surface area contributed by atoms with Gasteiger partial charge in [0, 0.05) is 6.61 Å². The molecule has 0 bridgehead atoms. The van der Waals surface area contributed by atoms with Crippen molar-refractivity contribution < 1.29 is 9.47 Å². The molecule has 0 amide bonds. The van der Waals surface area contributed by atoms with E-state index in [-0.39, 0.29) is 11.5 Å². The van der Waals surface area contributed by atoms with Crippen molar-refractivity contribution in [3.8, 4) is 0 Å². The quantitative estimate of drug-likeness (QED) is 0.704. The third-order valence-corrected chi connectivity index (χ3v) is 3.53. The van der Waals surface area contributed by atoms with Gasteiger partial charge in [-0.3, -0.25) is 0 Å². The fourth-order valence-electron chi connectivity index (χ4n) is 2.13. The minimum Gasteiger partial charge on any atom is -0.379 e. The molecular weight excluding hydrogens is 262 g/mol. The summed E-state index contributed by atoms with van der Waals surface area (Å²) in [4.78, 5) is 0. The van der Waals surface area contributed by atoms with Crippen LogP contribution in [0.15, 0.2) is 24.3 Å². The molecule has 120 valence electrons. The largest absolute Gasteiger partial charge is 0.379 e. The average Bonchev–Trinajstić information content (AvgIpc) is 2.46. The molecule has 0 heterocycles. The summed E-state index contributed by atoms with van der Waals surface area (Å²) in [6.45, 7) is 11.6. The van der Waals surface area contributed by atoms with E-state index >= 15 is 0 Å². The van der Waals surface area contributed by atoms with Crippen molar-refractivity contribution in [3.05, 3.63) is 35.4 Å². The number of rotatable bonds is 9. The van der Waals surface area contributed by atoms with Gasteiger partial charge in [-0.2, -0.15) is 0 Å². The molecule has 0 radical (unpaired) electrons. The summed E-state index contributed by atoms with van der Waals surface area (Å²) in [7, 11) is 1.97. The van der Waals surface area contributed by atoms with Crippen molar-refractivity contribution >= 4 is 0 Å². The van der Waals surface area contributed by atoms with Crippen LogP contribution in [0.25, 0.3) is 0 Å². The van der Waals surface area contributed by atoms with E-state index in [2.05, 4.69) is 57.3 Å². The van der Waals surface area contributed by atoms with Crippen molar-refractivity contribution in [2.24, 2.45) is 0 Å². The number of benzene rings is 1. The lowest BCUT2D eigenvalue weighted by atomic mass is 9.86. The highest BCUT2D eigenvalue weighted by molar-refractivity contribution is 5.29. The predicted molar refractivity (Wildman–Crippen MR) is 88.9 cm³/mol. The number of hydrogen-bond donors (Lipinski definition) is 1. The molecule has 0 saturated heterocycles. The van der Waals surface area contributed by atoms with Crippen LogP contribution in [0, 0.1) is 0 Å². The van der Waals surface area contributed by atoms with Gasteiger partial charge in [-0.05, 0) is 30.0 Å². The molecule has 1 atom stereocenters. The van der Waals surface area contributed by atoms with Crippen molar-refractivity contribution in [2.45, 2.75) is 45.6 Å². The lowest BCUT2D eigenvalue weighted by Crippen LogP contribution is -2.23. The van der Waals surface area contributed by atoms with Crippen LogP contribution in [0.1, 0.15) is 51.3 Å². The molecule has 0 spiro atoms. The van der Waals surface area contributed by atoms with Gasteiger partial charge in [0.2, 0.25) is 0 Å². The summed E-state index contributed by atoms with van der Waals surface area (Å²) in [5.41, 5.74) is 2.82. The molecular formula is C18H31NO2. The van der Waals surface area contributed by atoms with E-state index in [0.29, 0.717) is 19.8 Å². The van der Waals surface area contributed by atoms with Crippen molar-refractivity contribution in [2.75, 3.05) is 33.5 Å². The molecule has 21 heavy (non-hydrogen) atoms. The Kier molecular flexibility index (Phi) is 7.94. The summed E-state index contributed by atoms with van der Waals surface area (Å²) < 4.78 is 11.1. The molecule has 1 aromatic rings. The van der Waals surface area contributed by atoms with Gasteiger partial charge in [0.1, 0.15) is 0 Å². The highest BCUT2D eigenvalue weighted by Gasteiger charge is 2.15. The topological polar surface area (TPSA) is 30.5 Å². The summed E-state index contributed by atoms with van der Waals surface area (Å²) >= 11 is 0. The van der Waals surface area contributed by atoms with Crippen LogP contribution in [0.5, 0.6) is 0 Å². The van der Waals surface area contributed by atoms with Gasteiger partial charge in [-0.15, -0.1) is 0 Å². The van der Waals surface area contributed by atoms with E-state index in [1.807, 2.05) is 7.05 Å². The first-order valence-electron chi connectivity index (χ1n) is 7.92. The van der Waals surface area contributed by atoms with Gasteiger partial charge < -0.3 is 14.8 Å². The number of ether oxygens (including phenoxy) is 2. The molecule has 1 aromatic carbocycles. The standard InChI is InChI=1S/C18H31NO2/c1-6-11-20-12-13-21-14-17(19-5)15-7-9-16(10-8-15)18(2,3)4/h7-10,17,19H,6,11-14H2,1-5H3. The van der Waals surface area contributed by atoms with Gasteiger partial charge in [0.05, 0.1) is 25.9 Å². The van der Waals surface area contributed by atoms with Crippen molar-refractivity contribution in [1.29, 1.82) is 0 Å².